The zero-order valence-corrected chi connectivity index (χ0v) is 14.0. The third kappa shape index (κ3) is 5.22. The molecular formula is C16H14N4O7. The van der Waals surface area contributed by atoms with Crippen LogP contribution in [0.2, 0.25) is 0 Å². The van der Waals surface area contributed by atoms with Gasteiger partial charge < -0.3 is 4.74 Å². The van der Waals surface area contributed by atoms with Crippen LogP contribution in [0.15, 0.2) is 42.5 Å². The first-order chi connectivity index (χ1) is 12.8. The Morgan fingerprint density at radius 2 is 1.59 bits per heavy atom. The number of amides is 2. The first-order valence-electron chi connectivity index (χ1n) is 7.49. The molecule has 140 valence electrons. The van der Waals surface area contributed by atoms with Crippen LogP contribution in [0.5, 0.6) is 5.75 Å². The highest BCUT2D eigenvalue weighted by Crippen LogP contribution is 2.22. The Bertz CT molecular complexity index is 881. The quantitative estimate of drug-likeness (QED) is 0.575. The average Bonchev–Trinajstić information content (AvgIpc) is 2.64. The maximum Gasteiger partial charge on any atom is 0.277 e. The molecule has 27 heavy (non-hydrogen) atoms. The summed E-state index contributed by atoms with van der Waals surface area (Å²) in [5, 5.41) is 21.7. The van der Waals surface area contributed by atoms with Gasteiger partial charge in [0.05, 0.1) is 21.5 Å². The van der Waals surface area contributed by atoms with E-state index in [1.807, 2.05) is 5.43 Å². The number of hydrazine groups is 1. The molecule has 0 saturated carbocycles. The van der Waals surface area contributed by atoms with E-state index in [-0.39, 0.29) is 12.2 Å². The van der Waals surface area contributed by atoms with E-state index >= 15 is 0 Å². The molecule has 0 radical (unpaired) electrons. The average molecular weight is 374 g/mol. The van der Waals surface area contributed by atoms with Gasteiger partial charge in [0, 0.05) is 12.1 Å². The van der Waals surface area contributed by atoms with Crippen LogP contribution in [0.4, 0.5) is 11.4 Å². The van der Waals surface area contributed by atoms with Gasteiger partial charge in [-0.2, -0.15) is 0 Å². The number of carbonyl (C=O) groups is 2. The van der Waals surface area contributed by atoms with Gasteiger partial charge in [-0.1, -0.05) is 18.2 Å². The molecule has 0 spiro atoms. The van der Waals surface area contributed by atoms with Crippen LogP contribution in [0.1, 0.15) is 15.9 Å². The highest BCUT2D eigenvalue weighted by atomic mass is 16.6. The molecule has 2 rings (SSSR count). The van der Waals surface area contributed by atoms with Crippen molar-refractivity contribution in [2.75, 3.05) is 6.61 Å². The summed E-state index contributed by atoms with van der Waals surface area (Å²) in [7, 11) is 0. The Labute approximate surface area is 152 Å². The lowest BCUT2D eigenvalue weighted by Crippen LogP contribution is -2.43. The highest BCUT2D eigenvalue weighted by Gasteiger charge is 2.20. The summed E-state index contributed by atoms with van der Waals surface area (Å²) in [4.78, 5) is 43.7. The van der Waals surface area contributed by atoms with E-state index in [9.17, 15) is 29.8 Å². The SMILES string of the molecule is Cc1ccccc1OCC(=O)NNC(=O)c1cc([N+](=O)[O-])cc([N+](=O)[O-])c1. The second kappa shape index (κ2) is 8.38. The molecule has 0 aliphatic carbocycles. The molecule has 0 fully saturated rings. The number of nitro benzene ring substituents is 2. The van der Waals surface area contributed by atoms with Gasteiger partial charge in [-0.25, -0.2) is 0 Å². The van der Waals surface area contributed by atoms with E-state index in [0.717, 1.165) is 23.8 Å². The number of aryl methyl sites for hydroxylation is 1. The molecule has 0 unspecified atom stereocenters. The van der Waals surface area contributed by atoms with Gasteiger partial charge in [-0.05, 0) is 18.6 Å². The first-order valence-corrected chi connectivity index (χ1v) is 7.49. The van der Waals surface area contributed by atoms with Crippen LogP contribution in [0, 0.1) is 27.2 Å². The lowest BCUT2D eigenvalue weighted by atomic mass is 10.1. The van der Waals surface area contributed by atoms with Gasteiger partial charge >= 0.3 is 0 Å². The molecule has 2 aromatic rings. The fourth-order valence-electron chi connectivity index (χ4n) is 2.03. The number of nitrogens with zero attached hydrogens (tertiary/aromatic N) is 2. The predicted octanol–water partition coefficient (Wildman–Crippen LogP) is 1.65. The van der Waals surface area contributed by atoms with Crippen LogP contribution in [0.3, 0.4) is 0 Å². The van der Waals surface area contributed by atoms with Crippen LogP contribution < -0.4 is 15.6 Å². The minimum Gasteiger partial charge on any atom is -0.483 e. The summed E-state index contributed by atoms with van der Waals surface area (Å²) >= 11 is 0. The van der Waals surface area contributed by atoms with Crippen molar-refractivity contribution in [3.8, 4) is 5.75 Å². The Morgan fingerprint density at radius 1 is 1.00 bits per heavy atom. The van der Waals surface area contributed by atoms with E-state index in [0.29, 0.717) is 5.75 Å². The minimum absolute atomic E-state index is 0.351. The molecule has 11 heteroatoms. The molecule has 2 amide bonds. The number of hydrogen-bond acceptors (Lipinski definition) is 7. The molecule has 2 aromatic carbocycles. The second-order valence-electron chi connectivity index (χ2n) is 5.31. The minimum atomic E-state index is -0.953. The number of ether oxygens (including phenoxy) is 1. The smallest absolute Gasteiger partial charge is 0.277 e. The van der Waals surface area contributed by atoms with Gasteiger partial charge in [-0.3, -0.25) is 40.7 Å². The summed E-state index contributed by atoms with van der Waals surface area (Å²) in [6, 6.07) is 9.45. The molecule has 11 nitrogen and oxygen atoms in total. The standard InChI is InChI=1S/C16H14N4O7/c1-10-4-2-3-5-14(10)27-9-15(21)17-18-16(22)11-6-12(19(23)24)8-13(7-11)20(25)26/h2-8H,9H2,1H3,(H,17,21)(H,18,22). The van der Waals surface area contributed by atoms with Crippen LogP contribution >= 0.6 is 0 Å². The largest absolute Gasteiger partial charge is 0.483 e. The molecular weight excluding hydrogens is 360 g/mol. The number of non-ortho nitro benzene ring substituents is 2. The molecule has 0 bridgehead atoms. The Morgan fingerprint density at radius 3 is 2.15 bits per heavy atom. The summed E-state index contributed by atoms with van der Waals surface area (Å²) in [5.41, 5.74) is 3.31. The summed E-state index contributed by atoms with van der Waals surface area (Å²) < 4.78 is 5.30. The molecule has 2 N–H and O–H groups in total. The fraction of sp³-hybridized carbons (Fsp3) is 0.125. The number of nitro groups is 2. The zero-order chi connectivity index (χ0) is 20.0. The maximum absolute atomic E-state index is 12.0. The second-order valence-corrected chi connectivity index (χ2v) is 5.31. The normalized spacial score (nSPS) is 9.96. The fourth-order valence-corrected chi connectivity index (χ4v) is 2.03. The number of nitrogens with one attached hydrogen (secondary N) is 2. The predicted molar refractivity (Wildman–Crippen MR) is 92.0 cm³/mol. The van der Waals surface area contributed by atoms with Crippen molar-refractivity contribution in [2.24, 2.45) is 0 Å². The molecule has 0 aliphatic heterocycles. The van der Waals surface area contributed by atoms with Crippen molar-refractivity contribution in [1.82, 2.24) is 10.9 Å². The lowest BCUT2D eigenvalue weighted by Gasteiger charge is -2.10. The van der Waals surface area contributed by atoms with Gasteiger partial charge in [0.1, 0.15) is 5.75 Å². The molecule has 0 saturated heterocycles. The molecule has 0 aliphatic rings. The van der Waals surface area contributed by atoms with Crippen molar-refractivity contribution < 1.29 is 24.2 Å². The van der Waals surface area contributed by atoms with Crippen LogP contribution in [-0.4, -0.2) is 28.3 Å². The summed E-state index contributed by atoms with van der Waals surface area (Å²) in [6.45, 7) is 1.41. The Kier molecular flexibility index (Phi) is 5.99. The van der Waals surface area contributed by atoms with Crippen molar-refractivity contribution in [3.63, 3.8) is 0 Å². The van der Waals surface area contributed by atoms with Gasteiger partial charge in [0.15, 0.2) is 6.61 Å². The van der Waals surface area contributed by atoms with Crippen molar-refractivity contribution >= 4 is 23.2 Å². The van der Waals surface area contributed by atoms with Crippen molar-refractivity contribution in [3.05, 3.63) is 73.8 Å². The van der Waals surface area contributed by atoms with E-state index < -0.39 is 33.0 Å². The van der Waals surface area contributed by atoms with E-state index in [2.05, 4.69) is 5.43 Å². The van der Waals surface area contributed by atoms with E-state index in [4.69, 9.17) is 4.74 Å². The van der Waals surface area contributed by atoms with Gasteiger partial charge in [-0.15, -0.1) is 0 Å². The third-order valence-electron chi connectivity index (χ3n) is 3.35. The van der Waals surface area contributed by atoms with Gasteiger partial charge in [0.25, 0.3) is 23.2 Å². The topological polar surface area (TPSA) is 154 Å². The Balaban J connectivity index is 1.98. The summed E-state index contributed by atoms with van der Waals surface area (Å²) in [6.07, 6.45) is 0. The maximum atomic E-state index is 12.0. The Hall–Kier alpha value is -4.02. The lowest BCUT2D eigenvalue weighted by molar-refractivity contribution is -0.394. The van der Waals surface area contributed by atoms with Crippen LogP contribution in [0.25, 0.3) is 0 Å². The van der Waals surface area contributed by atoms with Crippen molar-refractivity contribution in [2.45, 2.75) is 6.92 Å². The molecule has 0 heterocycles. The molecule has 0 atom stereocenters. The summed E-state index contributed by atoms with van der Waals surface area (Å²) in [5.74, 6) is -1.15. The number of rotatable bonds is 6. The first kappa shape index (κ1) is 19.3. The van der Waals surface area contributed by atoms with E-state index in [1.165, 1.54) is 0 Å². The number of benzene rings is 2. The zero-order valence-electron chi connectivity index (χ0n) is 14.0. The van der Waals surface area contributed by atoms with Crippen LogP contribution in [-0.2, 0) is 4.79 Å². The monoisotopic (exact) mass is 374 g/mol. The highest BCUT2D eigenvalue weighted by molar-refractivity contribution is 5.96. The number of hydrogen-bond donors (Lipinski definition) is 2. The number of carbonyl (C=O) groups excluding carboxylic acids is 2. The van der Waals surface area contributed by atoms with E-state index in [1.54, 1.807) is 31.2 Å². The molecule has 0 aromatic heterocycles. The number of para-hydroxylation sites is 1. The van der Waals surface area contributed by atoms with Crippen molar-refractivity contribution in [1.29, 1.82) is 0 Å². The van der Waals surface area contributed by atoms with Gasteiger partial charge in [0.2, 0.25) is 0 Å². The third-order valence-corrected chi connectivity index (χ3v) is 3.35.